The molecule has 0 aliphatic rings. The highest BCUT2D eigenvalue weighted by atomic mass is 35.5. The molecule has 172 valence electrons. The number of para-hydroxylation sites is 1. The van der Waals surface area contributed by atoms with Crippen molar-refractivity contribution in [2.24, 2.45) is 0 Å². The van der Waals surface area contributed by atoms with E-state index in [2.05, 4.69) is 5.32 Å². The van der Waals surface area contributed by atoms with Gasteiger partial charge in [0.1, 0.15) is 5.82 Å². The fourth-order valence-electron chi connectivity index (χ4n) is 3.42. The molecule has 0 spiro atoms. The highest BCUT2D eigenvalue weighted by Crippen LogP contribution is 2.30. The summed E-state index contributed by atoms with van der Waals surface area (Å²) in [6.45, 7) is 0.0186. The van der Waals surface area contributed by atoms with E-state index in [1.807, 2.05) is 30.3 Å². The third kappa shape index (κ3) is 5.11. The summed E-state index contributed by atoms with van der Waals surface area (Å²) in [5.74, 6) is -1.16. The molecular weight excluding hydrogens is 475 g/mol. The molecule has 4 rings (SSSR count). The van der Waals surface area contributed by atoms with Gasteiger partial charge >= 0.3 is 0 Å². The molecule has 0 heterocycles. The van der Waals surface area contributed by atoms with Gasteiger partial charge in [-0.25, -0.2) is 12.8 Å². The van der Waals surface area contributed by atoms with Crippen molar-refractivity contribution >= 4 is 38.9 Å². The minimum absolute atomic E-state index is 0.0186. The maximum atomic E-state index is 13.7. The van der Waals surface area contributed by atoms with E-state index in [1.165, 1.54) is 34.6 Å². The number of benzene rings is 4. The van der Waals surface area contributed by atoms with Gasteiger partial charge in [0.25, 0.3) is 15.9 Å². The molecule has 0 fully saturated rings. The molecule has 0 aliphatic heterocycles. The van der Waals surface area contributed by atoms with Crippen LogP contribution in [-0.4, -0.2) is 14.3 Å². The predicted molar refractivity (Wildman–Crippen MR) is 132 cm³/mol. The van der Waals surface area contributed by atoms with Crippen molar-refractivity contribution in [1.82, 2.24) is 0 Å². The number of hydrogen-bond acceptors (Lipinski definition) is 3. The van der Waals surface area contributed by atoms with E-state index in [9.17, 15) is 17.6 Å². The second-order valence-electron chi connectivity index (χ2n) is 7.41. The number of hydrogen-bond donors (Lipinski definition) is 1. The first-order valence-electron chi connectivity index (χ1n) is 10.3. The molecule has 0 atom stereocenters. The zero-order valence-electron chi connectivity index (χ0n) is 17.9. The van der Waals surface area contributed by atoms with Crippen LogP contribution in [0.4, 0.5) is 15.8 Å². The van der Waals surface area contributed by atoms with Crippen molar-refractivity contribution in [2.45, 2.75) is 11.4 Å². The van der Waals surface area contributed by atoms with E-state index in [-0.39, 0.29) is 33.4 Å². The Balaban J connectivity index is 1.77. The van der Waals surface area contributed by atoms with E-state index in [0.29, 0.717) is 0 Å². The Morgan fingerprint density at radius 1 is 0.853 bits per heavy atom. The molecule has 4 aromatic carbocycles. The molecule has 4 aromatic rings. The first-order valence-corrected chi connectivity index (χ1v) is 12.2. The van der Waals surface area contributed by atoms with Crippen LogP contribution < -0.4 is 9.62 Å². The lowest BCUT2D eigenvalue weighted by atomic mass is 10.1. The average Bonchev–Trinajstić information content (AvgIpc) is 2.86. The maximum Gasteiger partial charge on any atom is 0.264 e. The van der Waals surface area contributed by atoms with Crippen LogP contribution in [0.25, 0.3) is 0 Å². The van der Waals surface area contributed by atoms with Crippen LogP contribution in [0, 0.1) is 5.82 Å². The van der Waals surface area contributed by atoms with Crippen molar-refractivity contribution in [3.63, 3.8) is 0 Å². The number of rotatable bonds is 7. The maximum absolute atomic E-state index is 13.7. The fraction of sp³-hybridized carbons (Fsp3) is 0.0385. The quantitative estimate of drug-likeness (QED) is 0.336. The Kier molecular flexibility index (Phi) is 6.95. The number of anilines is 2. The summed E-state index contributed by atoms with van der Waals surface area (Å²) in [6, 6.07) is 27.4. The minimum atomic E-state index is -4.01. The number of amides is 1. The van der Waals surface area contributed by atoms with Gasteiger partial charge in [-0.1, -0.05) is 72.3 Å². The van der Waals surface area contributed by atoms with Gasteiger partial charge in [-0.2, -0.15) is 0 Å². The first kappa shape index (κ1) is 23.5. The van der Waals surface area contributed by atoms with Gasteiger partial charge in [0.15, 0.2) is 0 Å². The Morgan fingerprint density at radius 3 is 2.15 bits per heavy atom. The number of carbonyl (C=O) groups is 1. The van der Waals surface area contributed by atoms with Crippen LogP contribution in [0.2, 0.25) is 5.02 Å². The molecule has 0 unspecified atom stereocenters. The number of halogens is 2. The molecule has 0 saturated carbocycles. The molecule has 8 heteroatoms. The van der Waals surface area contributed by atoms with Gasteiger partial charge in [-0.15, -0.1) is 0 Å². The van der Waals surface area contributed by atoms with Crippen molar-refractivity contribution in [2.75, 3.05) is 9.62 Å². The van der Waals surface area contributed by atoms with Crippen LogP contribution in [0.3, 0.4) is 0 Å². The lowest BCUT2D eigenvalue weighted by Crippen LogP contribution is -2.32. The smallest absolute Gasteiger partial charge is 0.264 e. The Bertz CT molecular complexity index is 1410. The lowest BCUT2D eigenvalue weighted by molar-refractivity contribution is 0.102. The molecule has 5 nitrogen and oxygen atoms in total. The molecule has 1 amide bonds. The summed E-state index contributed by atoms with van der Waals surface area (Å²) in [5.41, 5.74) is 1.38. The average molecular weight is 495 g/mol. The van der Waals surface area contributed by atoms with Crippen molar-refractivity contribution < 1.29 is 17.6 Å². The molecule has 0 radical (unpaired) electrons. The molecule has 0 bridgehead atoms. The second kappa shape index (κ2) is 10.1. The molecule has 34 heavy (non-hydrogen) atoms. The number of nitrogens with zero attached hydrogens (tertiary/aromatic N) is 1. The Morgan fingerprint density at radius 2 is 1.47 bits per heavy atom. The normalized spacial score (nSPS) is 11.1. The van der Waals surface area contributed by atoms with Gasteiger partial charge < -0.3 is 5.32 Å². The van der Waals surface area contributed by atoms with Crippen LogP contribution in [0.5, 0.6) is 0 Å². The summed E-state index contributed by atoms with van der Waals surface area (Å²) in [4.78, 5) is 13.3. The van der Waals surface area contributed by atoms with E-state index in [1.54, 1.807) is 36.4 Å². The first-order chi connectivity index (χ1) is 16.4. The lowest BCUT2D eigenvalue weighted by Gasteiger charge is -2.26. The zero-order valence-corrected chi connectivity index (χ0v) is 19.4. The summed E-state index contributed by atoms with van der Waals surface area (Å²) in [5, 5.41) is 2.53. The molecular formula is C26H20ClFN2O3S. The monoisotopic (exact) mass is 494 g/mol. The van der Waals surface area contributed by atoms with Crippen LogP contribution in [0.15, 0.2) is 108 Å². The molecule has 0 saturated heterocycles. The predicted octanol–water partition coefficient (Wildman–Crippen LogP) is 6.13. The van der Waals surface area contributed by atoms with E-state index in [0.717, 1.165) is 11.6 Å². The third-order valence-corrected chi connectivity index (χ3v) is 7.16. The largest absolute Gasteiger partial charge is 0.322 e. The fourth-order valence-corrected chi connectivity index (χ4v) is 5.10. The van der Waals surface area contributed by atoms with E-state index < -0.39 is 21.7 Å². The minimum Gasteiger partial charge on any atom is -0.322 e. The molecule has 0 aliphatic carbocycles. The summed E-state index contributed by atoms with van der Waals surface area (Å²) < 4.78 is 42.1. The van der Waals surface area contributed by atoms with Gasteiger partial charge in [0, 0.05) is 5.69 Å². The van der Waals surface area contributed by atoms with Crippen molar-refractivity contribution in [3.8, 4) is 0 Å². The summed E-state index contributed by atoms with van der Waals surface area (Å²) in [7, 11) is -4.01. The van der Waals surface area contributed by atoms with Gasteiger partial charge in [-0.05, 0) is 48.0 Å². The van der Waals surface area contributed by atoms with Crippen molar-refractivity contribution in [1.29, 1.82) is 0 Å². The van der Waals surface area contributed by atoms with Crippen LogP contribution in [0.1, 0.15) is 15.9 Å². The van der Waals surface area contributed by atoms with E-state index in [4.69, 9.17) is 11.6 Å². The highest BCUT2D eigenvalue weighted by Gasteiger charge is 2.28. The number of sulfonamides is 1. The summed E-state index contributed by atoms with van der Waals surface area (Å²) >= 11 is 5.83. The molecule has 1 N–H and O–H groups in total. The standard InChI is InChI=1S/C26H20ClFN2O3S/c27-23-17-20(15-16-24(23)28)29-26(31)22-13-7-8-14-25(22)30(18-19-9-3-1-4-10-19)34(32,33)21-11-5-2-6-12-21/h1-17H,18H2,(H,29,31). The third-order valence-electron chi connectivity index (χ3n) is 5.10. The second-order valence-corrected chi connectivity index (χ2v) is 9.68. The van der Waals surface area contributed by atoms with Gasteiger partial charge in [0.05, 0.1) is 27.7 Å². The topological polar surface area (TPSA) is 66.5 Å². The zero-order chi connectivity index (χ0) is 24.1. The number of carbonyl (C=O) groups excluding carboxylic acids is 1. The Labute approximate surface area is 202 Å². The van der Waals surface area contributed by atoms with E-state index >= 15 is 0 Å². The van der Waals surface area contributed by atoms with Crippen LogP contribution >= 0.6 is 11.6 Å². The number of nitrogens with one attached hydrogen (secondary N) is 1. The van der Waals surface area contributed by atoms with Gasteiger partial charge in [-0.3, -0.25) is 9.10 Å². The summed E-state index contributed by atoms with van der Waals surface area (Å²) in [6.07, 6.45) is 0. The highest BCUT2D eigenvalue weighted by molar-refractivity contribution is 7.92. The molecule has 0 aromatic heterocycles. The van der Waals surface area contributed by atoms with Gasteiger partial charge in [0.2, 0.25) is 0 Å². The van der Waals surface area contributed by atoms with Crippen molar-refractivity contribution in [3.05, 3.63) is 125 Å². The SMILES string of the molecule is O=C(Nc1ccc(F)c(Cl)c1)c1ccccc1N(Cc1ccccc1)S(=O)(=O)c1ccccc1. The Hall–Kier alpha value is -3.68. The van der Waals surface area contributed by atoms with Crippen LogP contribution in [-0.2, 0) is 16.6 Å².